The first-order chi connectivity index (χ1) is 16.5. The Hall–Kier alpha value is -3.23. The lowest BCUT2D eigenvalue weighted by Gasteiger charge is -2.06. The molecule has 0 aliphatic rings. The molecule has 168 valence electrons. The fraction of sp³-hybridized carbons (Fsp3) is 0. The number of thiocarbonyl (C=S) groups is 1. The summed E-state index contributed by atoms with van der Waals surface area (Å²) in [5, 5.41) is 11.2. The second kappa shape index (κ2) is 9.56. The van der Waals surface area contributed by atoms with Crippen LogP contribution in [-0.2, 0) is 0 Å². The number of carbonyl (C=O) groups is 1. The minimum atomic E-state index is -0.492. The first-order valence-electron chi connectivity index (χ1n) is 10.1. The number of thiazole rings is 1. The van der Waals surface area contributed by atoms with Crippen LogP contribution in [0, 0.1) is 0 Å². The van der Waals surface area contributed by atoms with Crippen molar-refractivity contribution >= 4 is 73.7 Å². The number of halogens is 2. The average molecular weight is 524 g/mol. The van der Waals surface area contributed by atoms with Crippen molar-refractivity contribution in [2.45, 2.75) is 0 Å². The molecule has 3 aromatic carbocycles. The van der Waals surface area contributed by atoms with Gasteiger partial charge in [-0.2, -0.15) is 0 Å². The van der Waals surface area contributed by atoms with Gasteiger partial charge >= 0.3 is 0 Å². The summed E-state index contributed by atoms with van der Waals surface area (Å²) in [7, 11) is 0. The molecule has 0 spiro atoms. The second-order valence-electron chi connectivity index (χ2n) is 7.27. The molecule has 5 nitrogen and oxygen atoms in total. The first-order valence-corrected chi connectivity index (χ1v) is 12.1. The van der Waals surface area contributed by atoms with Crippen LogP contribution in [0.3, 0.4) is 0 Å². The summed E-state index contributed by atoms with van der Waals surface area (Å²) in [6.07, 6.45) is 0. The molecule has 2 aromatic heterocycles. The van der Waals surface area contributed by atoms with Gasteiger partial charge in [0.2, 0.25) is 0 Å². The normalized spacial score (nSPS) is 10.9. The molecule has 0 aliphatic carbocycles. The standard InChI is InChI=1S/C25H15Cl2N3O2S2/c26-18-7-3-6-17(22(18)27)20-10-11-21(32-20)23(31)29-24(33)30-25-28-19(13-34-25)16-9-8-14-4-1-2-5-15(14)12-16/h1-13H,(H2,28,29,30,31,33). The van der Waals surface area contributed by atoms with Gasteiger partial charge in [0.05, 0.1) is 15.7 Å². The van der Waals surface area contributed by atoms with Crippen molar-refractivity contribution in [3.05, 3.63) is 94.0 Å². The lowest BCUT2D eigenvalue weighted by molar-refractivity contribution is 0.0951. The Morgan fingerprint density at radius 2 is 1.79 bits per heavy atom. The zero-order valence-corrected chi connectivity index (χ0v) is 20.5. The average Bonchev–Trinajstić information content (AvgIpc) is 3.51. The number of nitrogens with zero attached hydrogens (tertiary/aromatic N) is 1. The van der Waals surface area contributed by atoms with E-state index >= 15 is 0 Å². The largest absolute Gasteiger partial charge is 0.451 e. The molecule has 0 saturated carbocycles. The van der Waals surface area contributed by atoms with E-state index in [1.165, 1.54) is 16.7 Å². The molecule has 2 heterocycles. The summed E-state index contributed by atoms with van der Waals surface area (Å²) < 4.78 is 5.66. The molecule has 2 N–H and O–H groups in total. The minimum absolute atomic E-state index is 0.0891. The Balaban J connectivity index is 1.25. The number of aromatic nitrogens is 1. The molecule has 0 aliphatic heterocycles. The second-order valence-corrected chi connectivity index (χ2v) is 9.32. The van der Waals surface area contributed by atoms with E-state index in [-0.39, 0.29) is 10.9 Å². The number of nitrogens with one attached hydrogen (secondary N) is 2. The van der Waals surface area contributed by atoms with Gasteiger partial charge in [-0.05, 0) is 53.3 Å². The number of carbonyl (C=O) groups excluding carboxylic acids is 1. The van der Waals surface area contributed by atoms with Crippen molar-refractivity contribution in [2.24, 2.45) is 0 Å². The van der Waals surface area contributed by atoms with E-state index in [1.54, 1.807) is 30.3 Å². The predicted molar refractivity (Wildman–Crippen MR) is 143 cm³/mol. The molecule has 1 amide bonds. The number of furan rings is 1. The van der Waals surface area contributed by atoms with E-state index in [1.807, 2.05) is 23.6 Å². The molecular formula is C25H15Cl2N3O2S2. The van der Waals surface area contributed by atoms with Gasteiger partial charge in [0.25, 0.3) is 5.91 Å². The van der Waals surface area contributed by atoms with Crippen molar-refractivity contribution < 1.29 is 9.21 Å². The van der Waals surface area contributed by atoms with Crippen molar-refractivity contribution in [3.63, 3.8) is 0 Å². The van der Waals surface area contributed by atoms with Gasteiger partial charge in [-0.15, -0.1) is 11.3 Å². The highest BCUT2D eigenvalue weighted by atomic mass is 35.5. The number of hydrogen-bond acceptors (Lipinski definition) is 5. The van der Waals surface area contributed by atoms with Crippen molar-refractivity contribution in [1.82, 2.24) is 10.3 Å². The molecule has 5 rings (SSSR count). The van der Waals surface area contributed by atoms with Crippen LogP contribution in [0.2, 0.25) is 10.0 Å². The van der Waals surface area contributed by atoms with Gasteiger partial charge in [-0.25, -0.2) is 4.98 Å². The van der Waals surface area contributed by atoms with E-state index in [0.717, 1.165) is 16.6 Å². The topological polar surface area (TPSA) is 67.2 Å². The number of anilines is 1. The summed E-state index contributed by atoms with van der Waals surface area (Å²) >= 11 is 19.0. The predicted octanol–water partition coefficient (Wildman–Crippen LogP) is 7.66. The van der Waals surface area contributed by atoms with Crippen LogP contribution in [0.1, 0.15) is 10.6 Å². The minimum Gasteiger partial charge on any atom is -0.451 e. The van der Waals surface area contributed by atoms with Gasteiger partial charge in [0, 0.05) is 16.5 Å². The highest BCUT2D eigenvalue weighted by Gasteiger charge is 2.16. The number of hydrogen-bond donors (Lipinski definition) is 2. The zero-order chi connectivity index (χ0) is 23.7. The third-order valence-corrected chi connectivity index (χ3v) is 6.82. The summed E-state index contributed by atoms with van der Waals surface area (Å²) in [4.78, 5) is 17.2. The summed E-state index contributed by atoms with van der Waals surface area (Å²) in [6.45, 7) is 0. The lowest BCUT2D eigenvalue weighted by atomic mass is 10.1. The fourth-order valence-corrected chi connectivity index (χ4v) is 4.78. The van der Waals surface area contributed by atoms with Crippen LogP contribution < -0.4 is 10.6 Å². The van der Waals surface area contributed by atoms with Gasteiger partial charge in [0.15, 0.2) is 16.0 Å². The molecule has 0 atom stereocenters. The quantitative estimate of drug-likeness (QED) is 0.236. The monoisotopic (exact) mass is 523 g/mol. The van der Waals surface area contributed by atoms with E-state index in [4.69, 9.17) is 39.8 Å². The first kappa shape index (κ1) is 22.6. The van der Waals surface area contributed by atoms with Crippen LogP contribution in [0.5, 0.6) is 0 Å². The zero-order valence-electron chi connectivity index (χ0n) is 17.3. The molecule has 0 unspecified atom stereocenters. The Labute approximate surface area is 214 Å². The number of rotatable bonds is 4. The third-order valence-electron chi connectivity index (χ3n) is 5.04. The van der Waals surface area contributed by atoms with E-state index < -0.39 is 5.91 Å². The summed E-state index contributed by atoms with van der Waals surface area (Å²) in [6, 6.07) is 22.7. The highest BCUT2D eigenvalue weighted by Crippen LogP contribution is 2.34. The molecule has 0 radical (unpaired) electrons. The van der Waals surface area contributed by atoms with E-state index in [0.29, 0.717) is 26.5 Å². The van der Waals surface area contributed by atoms with Crippen molar-refractivity contribution in [3.8, 4) is 22.6 Å². The van der Waals surface area contributed by atoms with Crippen LogP contribution in [0.25, 0.3) is 33.4 Å². The SMILES string of the molecule is O=C(NC(=S)Nc1nc(-c2ccc3ccccc3c2)cs1)c1ccc(-c2cccc(Cl)c2Cl)o1. The van der Waals surface area contributed by atoms with E-state index in [2.05, 4.69) is 39.9 Å². The van der Waals surface area contributed by atoms with Gasteiger partial charge < -0.3 is 9.73 Å². The molecule has 0 saturated heterocycles. The maximum atomic E-state index is 12.6. The molecule has 0 fully saturated rings. The molecular weight excluding hydrogens is 509 g/mol. The van der Waals surface area contributed by atoms with Crippen LogP contribution in [0.15, 0.2) is 82.6 Å². The van der Waals surface area contributed by atoms with Crippen molar-refractivity contribution in [2.75, 3.05) is 5.32 Å². The molecule has 9 heteroatoms. The van der Waals surface area contributed by atoms with Crippen LogP contribution >= 0.6 is 46.8 Å². The molecule has 5 aromatic rings. The number of benzene rings is 3. The fourth-order valence-electron chi connectivity index (χ4n) is 3.40. The Morgan fingerprint density at radius 3 is 2.65 bits per heavy atom. The summed E-state index contributed by atoms with van der Waals surface area (Å²) in [5.74, 6) is 0.0240. The third kappa shape index (κ3) is 4.69. The van der Waals surface area contributed by atoms with E-state index in [9.17, 15) is 4.79 Å². The van der Waals surface area contributed by atoms with Crippen LogP contribution in [-0.4, -0.2) is 16.0 Å². The van der Waals surface area contributed by atoms with Crippen LogP contribution in [0.4, 0.5) is 5.13 Å². The molecule has 0 bridgehead atoms. The Bertz CT molecular complexity index is 1540. The maximum absolute atomic E-state index is 12.6. The Morgan fingerprint density at radius 1 is 0.971 bits per heavy atom. The van der Waals surface area contributed by atoms with Gasteiger partial charge in [-0.3, -0.25) is 10.1 Å². The lowest BCUT2D eigenvalue weighted by Crippen LogP contribution is -2.33. The molecule has 34 heavy (non-hydrogen) atoms. The number of fused-ring (bicyclic) bond motifs is 1. The Kier molecular flexibility index (Phi) is 6.34. The number of amides is 1. The smallest absolute Gasteiger partial charge is 0.293 e. The van der Waals surface area contributed by atoms with Gasteiger partial charge in [-0.1, -0.05) is 65.7 Å². The highest BCUT2D eigenvalue weighted by molar-refractivity contribution is 7.80. The summed E-state index contributed by atoms with van der Waals surface area (Å²) in [5.41, 5.74) is 2.42. The van der Waals surface area contributed by atoms with Crippen molar-refractivity contribution in [1.29, 1.82) is 0 Å². The van der Waals surface area contributed by atoms with Gasteiger partial charge in [0.1, 0.15) is 5.76 Å². The maximum Gasteiger partial charge on any atom is 0.293 e.